The van der Waals surface area contributed by atoms with Gasteiger partial charge in [-0.2, -0.15) is 0 Å². The van der Waals surface area contributed by atoms with Crippen molar-refractivity contribution in [3.05, 3.63) is 18.2 Å². The Kier molecular flexibility index (Phi) is 3.64. The molecule has 0 radical (unpaired) electrons. The predicted molar refractivity (Wildman–Crippen MR) is 51.8 cm³/mol. The van der Waals surface area contributed by atoms with Gasteiger partial charge < -0.3 is 15.4 Å². The van der Waals surface area contributed by atoms with Gasteiger partial charge in [0.2, 0.25) is 0 Å². The van der Waals surface area contributed by atoms with Crippen LogP contribution in [0.4, 0.5) is 0 Å². The third kappa shape index (κ3) is 2.85. The highest BCUT2D eigenvalue weighted by molar-refractivity contribution is 5.73. The summed E-state index contributed by atoms with van der Waals surface area (Å²) in [7, 11) is 0. The first-order valence-electron chi connectivity index (χ1n) is 4.62. The van der Waals surface area contributed by atoms with Crippen LogP contribution in [-0.2, 0) is 17.8 Å². The minimum Gasteiger partial charge on any atom is -0.480 e. The van der Waals surface area contributed by atoms with Crippen LogP contribution in [0.3, 0.4) is 0 Å². The van der Waals surface area contributed by atoms with E-state index in [1.54, 1.807) is 6.33 Å². The van der Waals surface area contributed by atoms with Gasteiger partial charge in [0.1, 0.15) is 6.04 Å². The van der Waals surface area contributed by atoms with Crippen molar-refractivity contribution in [1.82, 2.24) is 9.55 Å². The molecule has 1 atom stereocenters. The number of hydrogen-bond donors (Lipinski definition) is 2. The van der Waals surface area contributed by atoms with Crippen LogP contribution in [0.1, 0.15) is 19.0 Å². The fraction of sp³-hybridized carbons (Fsp3) is 0.556. The molecule has 0 bridgehead atoms. The van der Waals surface area contributed by atoms with Gasteiger partial charge in [-0.15, -0.1) is 0 Å². The van der Waals surface area contributed by atoms with Crippen molar-refractivity contribution >= 4 is 5.97 Å². The summed E-state index contributed by atoms with van der Waals surface area (Å²) in [5, 5.41) is 8.59. The zero-order chi connectivity index (χ0) is 10.6. The van der Waals surface area contributed by atoms with Crippen LogP contribution in [0.5, 0.6) is 0 Å². The van der Waals surface area contributed by atoms with Crippen molar-refractivity contribution in [3.63, 3.8) is 0 Å². The summed E-state index contributed by atoms with van der Waals surface area (Å²) in [6, 6.07) is -0.861. The first-order chi connectivity index (χ1) is 6.63. The lowest BCUT2D eigenvalue weighted by molar-refractivity contribution is -0.138. The number of hydrogen-bond acceptors (Lipinski definition) is 3. The van der Waals surface area contributed by atoms with Gasteiger partial charge in [0.15, 0.2) is 0 Å². The zero-order valence-corrected chi connectivity index (χ0v) is 8.18. The number of aryl methyl sites for hydroxylation is 1. The van der Waals surface area contributed by atoms with Gasteiger partial charge >= 0.3 is 5.97 Å². The van der Waals surface area contributed by atoms with Crippen molar-refractivity contribution in [2.75, 3.05) is 0 Å². The number of carboxylic acid groups (broad SMARTS) is 1. The van der Waals surface area contributed by atoms with Crippen LogP contribution in [0.25, 0.3) is 0 Å². The predicted octanol–water partition coefficient (Wildman–Crippen LogP) is 0.247. The molecule has 0 saturated heterocycles. The maximum atomic E-state index is 10.5. The third-order valence-corrected chi connectivity index (χ3v) is 1.91. The lowest BCUT2D eigenvalue weighted by Gasteiger charge is -2.02. The van der Waals surface area contributed by atoms with Crippen LogP contribution >= 0.6 is 0 Å². The molecular weight excluding hydrogens is 182 g/mol. The normalized spacial score (nSPS) is 12.7. The number of aliphatic carboxylic acids is 1. The summed E-state index contributed by atoms with van der Waals surface area (Å²) in [4.78, 5) is 14.6. The van der Waals surface area contributed by atoms with Gasteiger partial charge in [0, 0.05) is 19.2 Å². The van der Waals surface area contributed by atoms with Gasteiger partial charge in [0.05, 0.1) is 12.0 Å². The smallest absolute Gasteiger partial charge is 0.320 e. The van der Waals surface area contributed by atoms with E-state index in [-0.39, 0.29) is 6.42 Å². The Hall–Kier alpha value is -1.36. The lowest BCUT2D eigenvalue weighted by Crippen LogP contribution is -2.32. The summed E-state index contributed by atoms with van der Waals surface area (Å²) in [5.41, 5.74) is 6.11. The molecule has 0 aromatic carbocycles. The van der Waals surface area contributed by atoms with Crippen molar-refractivity contribution in [3.8, 4) is 0 Å². The first kappa shape index (κ1) is 10.7. The highest BCUT2D eigenvalue weighted by atomic mass is 16.4. The average molecular weight is 197 g/mol. The molecular formula is C9H15N3O2. The highest BCUT2D eigenvalue weighted by Crippen LogP contribution is 2.00. The van der Waals surface area contributed by atoms with E-state index in [4.69, 9.17) is 10.8 Å². The van der Waals surface area contributed by atoms with E-state index in [0.29, 0.717) is 0 Å². The summed E-state index contributed by atoms with van der Waals surface area (Å²) in [6.45, 7) is 2.97. The Morgan fingerprint density at radius 1 is 1.79 bits per heavy atom. The van der Waals surface area contributed by atoms with E-state index in [1.807, 2.05) is 10.8 Å². The average Bonchev–Trinajstić information content (AvgIpc) is 2.53. The molecule has 1 aromatic rings. The molecule has 1 rings (SSSR count). The zero-order valence-electron chi connectivity index (χ0n) is 8.18. The molecule has 0 saturated carbocycles. The van der Waals surface area contributed by atoms with E-state index in [9.17, 15) is 4.79 Å². The number of nitrogens with zero attached hydrogens (tertiary/aromatic N) is 2. The Morgan fingerprint density at radius 3 is 3.07 bits per heavy atom. The molecule has 0 aliphatic heterocycles. The van der Waals surface area contributed by atoms with E-state index in [2.05, 4.69) is 11.9 Å². The minimum absolute atomic E-state index is 0.284. The minimum atomic E-state index is -0.991. The Bertz CT molecular complexity index is 309. The first-order valence-corrected chi connectivity index (χ1v) is 4.62. The van der Waals surface area contributed by atoms with E-state index < -0.39 is 12.0 Å². The third-order valence-electron chi connectivity index (χ3n) is 1.91. The quantitative estimate of drug-likeness (QED) is 0.708. The number of imidazole rings is 1. The number of aromatic nitrogens is 2. The molecule has 5 heteroatoms. The maximum Gasteiger partial charge on any atom is 0.320 e. The molecule has 1 unspecified atom stereocenters. The molecule has 1 heterocycles. The van der Waals surface area contributed by atoms with Crippen molar-refractivity contribution < 1.29 is 9.90 Å². The molecule has 0 aliphatic carbocycles. The number of rotatable bonds is 5. The largest absolute Gasteiger partial charge is 0.480 e. The van der Waals surface area contributed by atoms with E-state index in [0.717, 1.165) is 18.7 Å². The van der Waals surface area contributed by atoms with Crippen LogP contribution in [-0.4, -0.2) is 26.7 Å². The van der Waals surface area contributed by atoms with E-state index >= 15 is 0 Å². The fourth-order valence-electron chi connectivity index (χ4n) is 1.20. The van der Waals surface area contributed by atoms with Crippen LogP contribution in [0.15, 0.2) is 12.5 Å². The topological polar surface area (TPSA) is 81.1 Å². The molecule has 0 spiro atoms. The standard InChI is InChI=1S/C9H15N3O2/c1-2-3-12-5-7(11-6-12)4-8(10)9(13)14/h5-6,8H,2-4,10H2,1H3,(H,13,14). The van der Waals surface area contributed by atoms with Crippen LogP contribution in [0, 0.1) is 0 Å². The second-order valence-electron chi connectivity index (χ2n) is 3.25. The second-order valence-corrected chi connectivity index (χ2v) is 3.25. The maximum absolute atomic E-state index is 10.5. The molecule has 1 aromatic heterocycles. The van der Waals surface area contributed by atoms with Gasteiger partial charge in [-0.3, -0.25) is 4.79 Å². The van der Waals surface area contributed by atoms with Crippen LogP contribution < -0.4 is 5.73 Å². The number of nitrogens with two attached hydrogens (primary N) is 1. The van der Waals surface area contributed by atoms with Crippen molar-refractivity contribution in [2.45, 2.75) is 32.4 Å². The van der Waals surface area contributed by atoms with Gasteiger partial charge in [-0.25, -0.2) is 4.98 Å². The summed E-state index contributed by atoms with van der Waals surface area (Å²) < 4.78 is 1.93. The fourth-order valence-corrected chi connectivity index (χ4v) is 1.20. The molecule has 0 fully saturated rings. The molecule has 5 nitrogen and oxygen atoms in total. The summed E-state index contributed by atoms with van der Waals surface area (Å²) in [6.07, 6.45) is 4.85. The highest BCUT2D eigenvalue weighted by Gasteiger charge is 2.13. The lowest BCUT2D eigenvalue weighted by atomic mass is 10.2. The molecule has 0 amide bonds. The summed E-state index contributed by atoms with van der Waals surface area (Å²) >= 11 is 0. The van der Waals surface area contributed by atoms with Crippen molar-refractivity contribution in [1.29, 1.82) is 0 Å². The van der Waals surface area contributed by atoms with Crippen LogP contribution in [0.2, 0.25) is 0 Å². The SMILES string of the molecule is CCCn1cnc(CC(N)C(=O)O)c1. The summed E-state index contributed by atoms with van der Waals surface area (Å²) in [5.74, 6) is -0.991. The van der Waals surface area contributed by atoms with Gasteiger partial charge in [0.25, 0.3) is 0 Å². The van der Waals surface area contributed by atoms with Crippen molar-refractivity contribution in [2.24, 2.45) is 5.73 Å². The monoisotopic (exact) mass is 197 g/mol. The number of carbonyl (C=O) groups is 1. The van der Waals surface area contributed by atoms with Gasteiger partial charge in [-0.05, 0) is 6.42 Å². The Morgan fingerprint density at radius 2 is 2.50 bits per heavy atom. The Balaban J connectivity index is 2.55. The second kappa shape index (κ2) is 4.76. The molecule has 14 heavy (non-hydrogen) atoms. The number of carboxylic acids is 1. The molecule has 78 valence electrons. The van der Waals surface area contributed by atoms with Gasteiger partial charge in [-0.1, -0.05) is 6.92 Å². The Labute approximate surface area is 82.6 Å². The molecule has 0 aliphatic rings. The van der Waals surface area contributed by atoms with E-state index in [1.165, 1.54) is 0 Å². The molecule has 3 N–H and O–H groups in total.